The van der Waals surface area contributed by atoms with Crippen molar-refractivity contribution in [2.75, 3.05) is 5.73 Å². The van der Waals surface area contributed by atoms with E-state index >= 15 is 0 Å². The number of aromatic amines is 1. The van der Waals surface area contributed by atoms with Crippen molar-refractivity contribution >= 4 is 5.82 Å². The Hall–Kier alpha value is -1.72. The molecule has 0 aromatic carbocycles. The van der Waals surface area contributed by atoms with Crippen molar-refractivity contribution in [1.82, 2.24) is 25.6 Å². The van der Waals surface area contributed by atoms with Gasteiger partial charge in [0, 0.05) is 0 Å². The van der Waals surface area contributed by atoms with Gasteiger partial charge in [0.25, 0.3) is 0 Å². The van der Waals surface area contributed by atoms with Gasteiger partial charge in [-0.25, -0.2) is 0 Å². The van der Waals surface area contributed by atoms with E-state index in [1.54, 1.807) is 6.20 Å². The van der Waals surface area contributed by atoms with Crippen LogP contribution < -0.4 is 5.73 Å². The summed E-state index contributed by atoms with van der Waals surface area (Å²) in [5.74, 6) is 0.297. The summed E-state index contributed by atoms with van der Waals surface area (Å²) < 4.78 is 0. The van der Waals surface area contributed by atoms with Crippen LogP contribution >= 0.6 is 0 Å². The van der Waals surface area contributed by atoms with Crippen LogP contribution in [0.2, 0.25) is 0 Å². The summed E-state index contributed by atoms with van der Waals surface area (Å²) in [7, 11) is 0. The lowest BCUT2D eigenvalue weighted by Crippen LogP contribution is -1.99. The molecule has 0 atom stereocenters. The molecule has 0 saturated heterocycles. The molecule has 2 rings (SSSR count). The van der Waals surface area contributed by atoms with Gasteiger partial charge in [-0.2, -0.15) is 5.10 Å². The molecule has 6 heteroatoms. The first-order chi connectivity index (χ1) is 4.88. The minimum absolute atomic E-state index is 0.297. The Labute approximate surface area is 55.8 Å². The monoisotopic (exact) mass is 136 g/mol. The molecule has 0 saturated carbocycles. The molecule has 2 aliphatic heterocycles. The van der Waals surface area contributed by atoms with Crippen molar-refractivity contribution in [1.29, 1.82) is 0 Å². The molecule has 2 aliphatic rings. The van der Waals surface area contributed by atoms with Crippen molar-refractivity contribution in [3.05, 3.63) is 6.20 Å². The van der Waals surface area contributed by atoms with Gasteiger partial charge in [0.2, 0.25) is 0 Å². The highest BCUT2D eigenvalue weighted by molar-refractivity contribution is 5.65. The zero-order chi connectivity index (χ0) is 6.97. The van der Waals surface area contributed by atoms with Crippen molar-refractivity contribution < 1.29 is 0 Å². The Bertz CT molecular complexity index is 314. The lowest BCUT2D eigenvalue weighted by atomic mass is 10.3. The number of anilines is 1. The third kappa shape index (κ3) is 0.524. The van der Waals surface area contributed by atoms with Crippen molar-refractivity contribution in [2.45, 2.75) is 0 Å². The molecule has 0 bridgehead atoms. The Balaban J connectivity index is 2.80. The number of nitrogens with two attached hydrogens (primary N) is 1. The molecule has 0 aromatic rings. The van der Waals surface area contributed by atoms with Gasteiger partial charge in [0.1, 0.15) is 5.69 Å². The van der Waals surface area contributed by atoms with Gasteiger partial charge in [-0.3, -0.25) is 5.10 Å². The summed E-state index contributed by atoms with van der Waals surface area (Å²) in [4.78, 5) is 0. The van der Waals surface area contributed by atoms with Crippen LogP contribution in [-0.2, 0) is 0 Å². The van der Waals surface area contributed by atoms with E-state index in [1.807, 2.05) is 0 Å². The van der Waals surface area contributed by atoms with Crippen LogP contribution in [0.15, 0.2) is 6.20 Å². The molecule has 0 spiro atoms. The van der Waals surface area contributed by atoms with Crippen LogP contribution in [-0.4, -0.2) is 25.6 Å². The lowest BCUT2D eigenvalue weighted by Gasteiger charge is -1.94. The summed E-state index contributed by atoms with van der Waals surface area (Å²) >= 11 is 0. The Morgan fingerprint density at radius 1 is 1.40 bits per heavy atom. The van der Waals surface area contributed by atoms with Gasteiger partial charge in [-0.15, -0.1) is 10.2 Å². The first-order valence-electron chi connectivity index (χ1n) is 2.66. The zero-order valence-electron chi connectivity index (χ0n) is 4.94. The minimum Gasteiger partial charge on any atom is -0.380 e. The van der Waals surface area contributed by atoms with E-state index in [2.05, 4.69) is 25.6 Å². The maximum absolute atomic E-state index is 5.40. The predicted molar refractivity (Wildman–Crippen MR) is 33.0 cm³/mol. The number of rotatable bonds is 0. The third-order valence-corrected chi connectivity index (χ3v) is 1.17. The van der Waals surface area contributed by atoms with E-state index in [1.165, 1.54) is 0 Å². The fourth-order valence-corrected chi connectivity index (χ4v) is 0.710. The summed E-state index contributed by atoms with van der Waals surface area (Å²) in [5.41, 5.74) is 6.67. The summed E-state index contributed by atoms with van der Waals surface area (Å²) in [6.07, 6.45) is 1.54. The number of H-pyrrole nitrogens is 1. The maximum Gasteiger partial charge on any atom is 0.177 e. The highest BCUT2D eigenvalue weighted by Gasteiger charge is 2.09. The number of nitrogens with one attached hydrogen (secondary N) is 1. The van der Waals surface area contributed by atoms with Gasteiger partial charge in [0.05, 0.1) is 6.20 Å². The molecule has 6 nitrogen and oxygen atoms in total. The van der Waals surface area contributed by atoms with Gasteiger partial charge < -0.3 is 5.73 Å². The van der Waals surface area contributed by atoms with Gasteiger partial charge in [-0.1, -0.05) is 5.21 Å². The van der Waals surface area contributed by atoms with Gasteiger partial charge >= 0.3 is 0 Å². The molecule has 0 fully saturated rings. The molecule has 0 aliphatic carbocycles. The third-order valence-electron chi connectivity index (χ3n) is 1.17. The fraction of sp³-hybridized carbons (Fsp3) is 0. The van der Waals surface area contributed by atoms with Gasteiger partial charge in [-0.05, 0) is 0 Å². The molecule has 50 valence electrons. The second-order valence-electron chi connectivity index (χ2n) is 1.80. The summed E-state index contributed by atoms with van der Waals surface area (Å²) in [5, 5.41) is 17.0. The van der Waals surface area contributed by atoms with Crippen LogP contribution in [0.1, 0.15) is 0 Å². The average Bonchev–Trinajstić information content (AvgIpc) is 2.36. The second-order valence-corrected chi connectivity index (χ2v) is 1.80. The first kappa shape index (κ1) is 5.10. The first-order valence-corrected chi connectivity index (χ1v) is 2.66. The summed E-state index contributed by atoms with van der Waals surface area (Å²) in [6.45, 7) is 0. The molecule has 10 heavy (non-hydrogen) atoms. The van der Waals surface area contributed by atoms with Crippen LogP contribution in [0.4, 0.5) is 5.82 Å². The second kappa shape index (κ2) is 1.63. The van der Waals surface area contributed by atoms with E-state index < -0.39 is 0 Å². The molecule has 0 aromatic heterocycles. The number of hydrogen-bond donors (Lipinski definition) is 2. The minimum atomic E-state index is 0.297. The predicted octanol–water partition coefficient (Wildman–Crippen LogP) is -0.718. The van der Waals surface area contributed by atoms with Crippen LogP contribution in [0.5, 0.6) is 0 Å². The molecule has 0 radical (unpaired) electrons. The Morgan fingerprint density at radius 3 is 3.10 bits per heavy atom. The number of fused-ring (bicyclic) bond motifs is 1. The van der Waals surface area contributed by atoms with Crippen molar-refractivity contribution in [2.24, 2.45) is 0 Å². The van der Waals surface area contributed by atoms with E-state index in [4.69, 9.17) is 5.73 Å². The van der Waals surface area contributed by atoms with E-state index in [0.29, 0.717) is 17.2 Å². The van der Waals surface area contributed by atoms with Crippen molar-refractivity contribution in [3.63, 3.8) is 0 Å². The highest BCUT2D eigenvalue weighted by Crippen LogP contribution is 2.17. The molecule has 2 heterocycles. The van der Waals surface area contributed by atoms with Crippen LogP contribution in [0.3, 0.4) is 0 Å². The standard InChI is InChI=1S/C4H4N6/c5-4-3-2(1-6-8-3)7-10-9-4/h1H,5H2,(H,7,9). The fourth-order valence-electron chi connectivity index (χ4n) is 0.710. The van der Waals surface area contributed by atoms with Crippen LogP contribution in [0.25, 0.3) is 11.4 Å². The van der Waals surface area contributed by atoms with E-state index in [9.17, 15) is 0 Å². The quantitative estimate of drug-likeness (QED) is 0.498. The maximum atomic E-state index is 5.40. The number of nitrogens with zero attached hydrogens (tertiary/aromatic N) is 4. The lowest BCUT2D eigenvalue weighted by molar-refractivity contribution is 0.875. The van der Waals surface area contributed by atoms with Crippen LogP contribution in [0, 0.1) is 0 Å². The number of hydrogen-bond acceptors (Lipinski definition) is 5. The SMILES string of the molecule is Nc1nn[nH]c2cnnc1-2. The molecular weight excluding hydrogens is 132 g/mol. The average molecular weight is 136 g/mol. The molecule has 3 N–H and O–H groups in total. The Kier molecular flexibility index (Phi) is 0.830. The molecule has 0 amide bonds. The zero-order valence-corrected chi connectivity index (χ0v) is 4.94. The Morgan fingerprint density at radius 2 is 2.30 bits per heavy atom. The van der Waals surface area contributed by atoms with E-state index in [-0.39, 0.29) is 0 Å². The van der Waals surface area contributed by atoms with E-state index in [0.717, 1.165) is 0 Å². The molecular formula is C4H4N6. The summed E-state index contributed by atoms with van der Waals surface area (Å²) in [6, 6.07) is 0. The van der Waals surface area contributed by atoms with Crippen molar-refractivity contribution in [3.8, 4) is 11.4 Å². The smallest absolute Gasteiger partial charge is 0.177 e. The molecule has 0 unspecified atom stereocenters. The number of nitrogen functional groups attached to an aromatic ring is 1. The largest absolute Gasteiger partial charge is 0.380 e. The normalized spacial score (nSPS) is 10.4. The number of aromatic nitrogens is 5. The van der Waals surface area contributed by atoms with Gasteiger partial charge in [0.15, 0.2) is 11.5 Å². The highest BCUT2D eigenvalue weighted by atomic mass is 15.3. The topological polar surface area (TPSA) is 93.4 Å².